The molecule has 6 heteroatoms. The van der Waals surface area contributed by atoms with Crippen molar-refractivity contribution in [1.29, 1.82) is 0 Å². The number of hydrogen-bond donors (Lipinski definition) is 2. The van der Waals surface area contributed by atoms with Crippen LogP contribution in [0.4, 0.5) is 17.3 Å². The Morgan fingerprint density at radius 2 is 2.00 bits per heavy atom. The van der Waals surface area contributed by atoms with Crippen LogP contribution in [0.5, 0.6) is 0 Å². The largest absolute Gasteiger partial charge is 0.378 e. The maximum atomic E-state index is 10.6. The smallest absolute Gasteiger partial charge is 0.311 e. The lowest BCUT2D eigenvalue weighted by atomic mass is 10.0. The average molecular weight is 272 g/mol. The Labute approximate surface area is 116 Å². The number of nitrogens with one attached hydrogen (secondary N) is 1. The maximum absolute atomic E-state index is 10.6. The van der Waals surface area contributed by atoms with Gasteiger partial charge in [-0.15, -0.1) is 0 Å². The molecule has 6 nitrogen and oxygen atoms in total. The normalized spacial score (nSPS) is 11.8. The van der Waals surface area contributed by atoms with Crippen molar-refractivity contribution in [2.45, 2.75) is 12.8 Å². The summed E-state index contributed by atoms with van der Waals surface area (Å²) in [6, 6.07) is 13.0. The van der Waals surface area contributed by atoms with Gasteiger partial charge in [0.15, 0.2) is 0 Å². The lowest BCUT2D eigenvalue weighted by Crippen LogP contribution is -2.11. The summed E-state index contributed by atoms with van der Waals surface area (Å²) < 4.78 is 0. The first kappa shape index (κ1) is 13.8. The van der Waals surface area contributed by atoms with E-state index in [0.29, 0.717) is 18.3 Å². The van der Waals surface area contributed by atoms with Gasteiger partial charge in [-0.05, 0) is 17.5 Å². The topological polar surface area (TPSA) is 94.1 Å². The molecule has 2 rings (SSSR count). The van der Waals surface area contributed by atoms with Crippen LogP contribution in [-0.2, 0) is 0 Å². The summed E-state index contributed by atoms with van der Waals surface area (Å²) in [6.45, 7) is 2.77. The number of benzene rings is 1. The van der Waals surface area contributed by atoms with Crippen LogP contribution >= 0.6 is 0 Å². The lowest BCUT2D eigenvalue weighted by molar-refractivity contribution is -0.384. The number of hydrogen-bond acceptors (Lipinski definition) is 5. The van der Waals surface area contributed by atoms with Gasteiger partial charge in [0, 0.05) is 12.6 Å². The van der Waals surface area contributed by atoms with Crippen LogP contribution in [-0.4, -0.2) is 16.5 Å². The number of nitrogens with zero attached hydrogens (tertiary/aromatic N) is 2. The molecule has 0 amide bonds. The third kappa shape index (κ3) is 3.23. The van der Waals surface area contributed by atoms with Gasteiger partial charge in [0.25, 0.3) is 0 Å². The van der Waals surface area contributed by atoms with E-state index in [1.165, 1.54) is 11.6 Å². The number of pyridine rings is 1. The van der Waals surface area contributed by atoms with Crippen LogP contribution in [0.3, 0.4) is 0 Å². The Morgan fingerprint density at radius 1 is 1.30 bits per heavy atom. The van der Waals surface area contributed by atoms with Crippen LogP contribution in [0, 0.1) is 10.1 Å². The van der Waals surface area contributed by atoms with Gasteiger partial charge in [0.2, 0.25) is 5.82 Å². The van der Waals surface area contributed by atoms with E-state index in [1.54, 1.807) is 6.07 Å². The Bertz CT molecular complexity index is 601. The molecule has 1 atom stereocenters. The minimum Gasteiger partial charge on any atom is -0.378 e. The second-order valence-electron chi connectivity index (χ2n) is 4.55. The fourth-order valence-electron chi connectivity index (χ4n) is 1.88. The number of aromatic nitrogens is 1. The average Bonchev–Trinajstić information content (AvgIpc) is 2.45. The van der Waals surface area contributed by atoms with E-state index >= 15 is 0 Å². The van der Waals surface area contributed by atoms with Gasteiger partial charge in [0.1, 0.15) is 5.82 Å². The minimum absolute atomic E-state index is 0.0765. The standard InChI is InChI=1S/C14H16N4O2/c1-10(11-5-3-2-4-6-11)9-16-13-8-7-12(18(19)20)14(15)17-13/h2-8,10H,9H2,1H3,(H3,15,16,17). The molecule has 3 N–H and O–H groups in total. The number of nitrogen functional groups attached to an aromatic ring is 1. The van der Waals surface area contributed by atoms with Crippen molar-refractivity contribution >= 4 is 17.3 Å². The third-order valence-corrected chi connectivity index (χ3v) is 3.06. The first-order valence-electron chi connectivity index (χ1n) is 6.27. The molecule has 0 aliphatic heterocycles. The summed E-state index contributed by atoms with van der Waals surface area (Å²) in [5, 5.41) is 13.8. The van der Waals surface area contributed by atoms with Gasteiger partial charge < -0.3 is 11.1 Å². The number of anilines is 2. The molecular formula is C14H16N4O2. The van der Waals surface area contributed by atoms with Crippen molar-refractivity contribution in [2.75, 3.05) is 17.6 Å². The fraction of sp³-hybridized carbons (Fsp3) is 0.214. The lowest BCUT2D eigenvalue weighted by Gasteiger charge is -2.13. The van der Waals surface area contributed by atoms with Crippen molar-refractivity contribution in [2.24, 2.45) is 0 Å². The summed E-state index contributed by atoms with van der Waals surface area (Å²) in [6.07, 6.45) is 0. The van der Waals surface area contributed by atoms with E-state index in [4.69, 9.17) is 5.73 Å². The van der Waals surface area contributed by atoms with Gasteiger partial charge in [-0.3, -0.25) is 10.1 Å². The van der Waals surface area contributed by atoms with Gasteiger partial charge in [-0.25, -0.2) is 4.98 Å². The van der Waals surface area contributed by atoms with Crippen molar-refractivity contribution in [3.63, 3.8) is 0 Å². The molecule has 0 fully saturated rings. The predicted molar refractivity (Wildman–Crippen MR) is 78.7 cm³/mol. The van der Waals surface area contributed by atoms with Gasteiger partial charge in [-0.1, -0.05) is 37.3 Å². The highest BCUT2D eigenvalue weighted by molar-refractivity contribution is 5.57. The van der Waals surface area contributed by atoms with Gasteiger partial charge in [-0.2, -0.15) is 0 Å². The highest BCUT2D eigenvalue weighted by Gasteiger charge is 2.13. The number of nitrogens with two attached hydrogens (primary N) is 1. The van der Waals surface area contributed by atoms with E-state index in [9.17, 15) is 10.1 Å². The molecule has 0 aliphatic rings. The molecule has 0 spiro atoms. The third-order valence-electron chi connectivity index (χ3n) is 3.06. The van der Waals surface area contributed by atoms with Gasteiger partial charge >= 0.3 is 5.69 Å². The molecule has 0 saturated carbocycles. The Balaban J connectivity index is 2.01. The van der Waals surface area contributed by atoms with Crippen molar-refractivity contribution in [3.05, 3.63) is 58.1 Å². The van der Waals surface area contributed by atoms with Crippen LogP contribution in [0.25, 0.3) is 0 Å². The van der Waals surface area contributed by atoms with Gasteiger partial charge in [0.05, 0.1) is 4.92 Å². The summed E-state index contributed by atoms with van der Waals surface area (Å²) in [4.78, 5) is 14.1. The first-order chi connectivity index (χ1) is 9.58. The predicted octanol–water partition coefficient (Wildman–Crippen LogP) is 2.79. The maximum Gasteiger partial charge on any atom is 0.311 e. The molecule has 0 aliphatic carbocycles. The molecule has 1 heterocycles. The van der Waals surface area contributed by atoms with E-state index < -0.39 is 4.92 Å². The highest BCUT2D eigenvalue weighted by atomic mass is 16.6. The molecule has 0 radical (unpaired) electrons. The first-order valence-corrected chi connectivity index (χ1v) is 6.27. The van der Waals surface area contributed by atoms with Crippen LogP contribution < -0.4 is 11.1 Å². The molecule has 20 heavy (non-hydrogen) atoms. The molecule has 2 aromatic rings. The fourth-order valence-corrected chi connectivity index (χ4v) is 1.88. The Morgan fingerprint density at radius 3 is 2.60 bits per heavy atom. The zero-order chi connectivity index (χ0) is 14.5. The van der Waals surface area contributed by atoms with Crippen LogP contribution in [0.1, 0.15) is 18.4 Å². The Hall–Kier alpha value is -2.63. The van der Waals surface area contributed by atoms with Crippen LogP contribution in [0.15, 0.2) is 42.5 Å². The second-order valence-corrected chi connectivity index (χ2v) is 4.55. The summed E-state index contributed by atoms with van der Waals surface area (Å²) in [5.74, 6) is 0.762. The summed E-state index contributed by atoms with van der Waals surface area (Å²) in [7, 11) is 0. The van der Waals surface area contributed by atoms with E-state index in [-0.39, 0.29) is 11.5 Å². The van der Waals surface area contributed by atoms with Crippen LogP contribution in [0.2, 0.25) is 0 Å². The molecule has 1 aromatic heterocycles. The number of rotatable bonds is 5. The molecule has 1 unspecified atom stereocenters. The zero-order valence-electron chi connectivity index (χ0n) is 11.1. The van der Waals surface area contributed by atoms with Crippen molar-refractivity contribution < 1.29 is 4.92 Å². The molecule has 0 saturated heterocycles. The summed E-state index contributed by atoms with van der Waals surface area (Å²) >= 11 is 0. The highest BCUT2D eigenvalue weighted by Crippen LogP contribution is 2.21. The minimum atomic E-state index is -0.543. The van der Waals surface area contributed by atoms with E-state index in [0.717, 1.165) is 0 Å². The Kier molecular flexibility index (Phi) is 4.14. The summed E-state index contributed by atoms with van der Waals surface area (Å²) in [5.41, 5.74) is 6.59. The van der Waals surface area contributed by atoms with E-state index in [1.807, 2.05) is 18.2 Å². The quantitative estimate of drug-likeness (QED) is 0.644. The molecular weight excluding hydrogens is 256 g/mol. The van der Waals surface area contributed by atoms with Crippen molar-refractivity contribution in [1.82, 2.24) is 4.98 Å². The van der Waals surface area contributed by atoms with E-state index in [2.05, 4.69) is 29.4 Å². The van der Waals surface area contributed by atoms with Crippen molar-refractivity contribution in [3.8, 4) is 0 Å². The monoisotopic (exact) mass is 272 g/mol. The molecule has 104 valence electrons. The SMILES string of the molecule is CC(CNc1ccc([N+](=O)[O-])c(N)n1)c1ccccc1. The molecule has 0 bridgehead atoms. The second kappa shape index (κ2) is 6.01. The number of nitro groups is 1. The zero-order valence-corrected chi connectivity index (χ0v) is 11.1. The molecule has 1 aromatic carbocycles.